The molecular weight excluding hydrogens is 669 g/mol. The van der Waals surface area contributed by atoms with Crippen LogP contribution in [-0.2, 0) is 0 Å². The smallest absolute Gasteiger partial charge is 0.143 e. The summed E-state index contributed by atoms with van der Waals surface area (Å²) < 4.78 is 12.9. The normalized spacial score (nSPS) is 11.6. The standard InChI is InChI=1S/C53H36O2/c1-5-34-15-7-8-16-39(34)33(4)50-40-17-9-11-19-42(40)51(43-20-12-10-18-41(43)50)36-26-24-35(25-27-36)37-28-30-47-45(31-37)38(6-2)53(55-47)49-32(3)23-29-48-52(49)44-21-13-14-22-46(44)54-48/h5-31H,1-2,4H2,3H3. The minimum atomic E-state index is 0.810. The number of rotatable bonds is 7. The Morgan fingerprint density at radius 1 is 0.491 bits per heavy atom. The van der Waals surface area contributed by atoms with Crippen LogP contribution >= 0.6 is 0 Å². The second-order valence-electron chi connectivity index (χ2n) is 14.2. The maximum atomic E-state index is 6.68. The Morgan fingerprint density at radius 3 is 1.78 bits per heavy atom. The average molecular weight is 705 g/mol. The molecule has 0 atom stereocenters. The van der Waals surface area contributed by atoms with Crippen LogP contribution in [0, 0.1) is 6.92 Å². The molecule has 0 fully saturated rings. The molecule has 0 saturated carbocycles. The molecule has 10 aromatic rings. The molecule has 0 N–H and O–H groups in total. The van der Waals surface area contributed by atoms with E-state index in [1.54, 1.807) is 0 Å². The molecule has 2 aromatic heterocycles. The predicted molar refractivity (Wildman–Crippen MR) is 234 cm³/mol. The minimum Gasteiger partial charge on any atom is -0.456 e. The fourth-order valence-corrected chi connectivity index (χ4v) is 8.58. The lowest BCUT2D eigenvalue weighted by Gasteiger charge is -2.20. The average Bonchev–Trinajstić information content (AvgIpc) is 3.80. The van der Waals surface area contributed by atoms with Crippen LogP contribution in [0.2, 0.25) is 0 Å². The zero-order valence-electron chi connectivity index (χ0n) is 30.5. The summed E-state index contributed by atoms with van der Waals surface area (Å²) >= 11 is 0. The summed E-state index contributed by atoms with van der Waals surface area (Å²) in [4.78, 5) is 0. The van der Waals surface area contributed by atoms with Crippen LogP contribution in [-0.4, -0.2) is 0 Å². The maximum Gasteiger partial charge on any atom is 0.143 e. The van der Waals surface area contributed by atoms with E-state index in [-0.39, 0.29) is 0 Å². The summed E-state index contributed by atoms with van der Waals surface area (Å²) in [5.41, 5.74) is 14.6. The Labute approximate surface area is 319 Å². The quantitative estimate of drug-likeness (QED) is 0.154. The molecule has 55 heavy (non-hydrogen) atoms. The third-order valence-electron chi connectivity index (χ3n) is 11.2. The van der Waals surface area contributed by atoms with Crippen LogP contribution in [0.25, 0.3) is 106 Å². The molecule has 8 aromatic carbocycles. The predicted octanol–water partition coefficient (Wildman–Crippen LogP) is 15.3. The summed E-state index contributed by atoms with van der Waals surface area (Å²) in [7, 11) is 0. The van der Waals surface area contributed by atoms with Crippen molar-refractivity contribution in [2.75, 3.05) is 0 Å². The highest BCUT2D eigenvalue weighted by Gasteiger charge is 2.22. The van der Waals surface area contributed by atoms with E-state index >= 15 is 0 Å². The zero-order chi connectivity index (χ0) is 37.2. The van der Waals surface area contributed by atoms with Gasteiger partial charge in [0.15, 0.2) is 0 Å². The van der Waals surface area contributed by atoms with Gasteiger partial charge in [-0.25, -0.2) is 0 Å². The van der Waals surface area contributed by atoms with Gasteiger partial charge in [-0.2, -0.15) is 0 Å². The SMILES string of the molecule is C=Cc1ccccc1C(=C)c1c2ccccc2c(-c2ccc(-c3ccc4oc(-c5c(C)ccc6oc7ccccc7c56)c(C=C)c4c3)cc2)c2ccccc12. The molecule has 2 heteroatoms. The molecule has 2 heterocycles. The third-order valence-corrected chi connectivity index (χ3v) is 11.2. The number of aryl methyl sites for hydroxylation is 1. The number of benzene rings is 8. The summed E-state index contributed by atoms with van der Waals surface area (Å²) in [5, 5.41) is 7.91. The molecule has 0 aliphatic carbocycles. The van der Waals surface area contributed by atoms with Gasteiger partial charge in [-0.3, -0.25) is 0 Å². The maximum absolute atomic E-state index is 6.68. The van der Waals surface area contributed by atoms with Crippen molar-refractivity contribution in [3.63, 3.8) is 0 Å². The van der Waals surface area contributed by atoms with Crippen molar-refractivity contribution in [2.45, 2.75) is 6.92 Å². The van der Waals surface area contributed by atoms with E-state index in [4.69, 9.17) is 8.83 Å². The molecule has 0 amide bonds. The Morgan fingerprint density at radius 2 is 1.07 bits per heavy atom. The Balaban J connectivity index is 1.09. The summed E-state index contributed by atoms with van der Waals surface area (Å²) in [6, 6.07) is 53.5. The lowest BCUT2D eigenvalue weighted by atomic mass is 9.83. The van der Waals surface area contributed by atoms with Crippen LogP contribution < -0.4 is 0 Å². The first-order valence-electron chi connectivity index (χ1n) is 18.6. The molecule has 0 radical (unpaired) electrons. The van der Waals surface area contributed by atoms with E-state index in [9.17, 15) is 0 Å². The van der Waals surface area contributed by atoms with Crippen LogP contribution in [0.4, 0.5) is 0 Å². The third kappa shape index (κ3) is 5.03. The fraction of sp³-hybridized carbons (Fsp3) is 0.0189. The van der Waals surface area contributed by atoms with Crippen molar-refractivity contribution >= 4 is 72.2 Å². The van der Waals surface area contributed by atoms with E-state index < -0.39 is 0 Å². The van der Waals surface area contributed by atoms with Crippen molar-refractivity contribution in [1.29, 1.82) is 0 Å². The fourth-order valence-electron chi connectivity index (χ4n) is 8.58. The molecule has 10 rings (SSSR count). The minimum absolute atomic E-state index is 0.810. The van der Waals surface area contributed by atoms with E-state index in [2.05, 4.69) is 154 Å². The monoisotopic (exact) mass is 704 g/mol. The largest absolute Gasteiger partial charge is 0.456 e. The highest BCUT2D eigenvalue weighted by atomic mass is 16.3. The molecule has 0 spiro atoms. The molecular formula is C53H36O2. The van der Waals surface area contributed by atoms with Gasteiger partial charge in [-0.05, 0) is 103 Å². The lowest BCUT2D eigenvalue weighted by molar-refractivity contribution is 0.630. The molecule has 0 bridgehead atoms. The summed E-state index contributed by atoms with van der Waals surface area (Å²) in [6.07, 6.45) is 3.82. The van der Waals surface area contributed by atoms with Gasteiger partial charge in [0, 0.05) is 27.3 Å². The molecule has 2 nitrogen and oxygen atoms in total. The van der Waals surface area contributed by atoms with Crippen molar-refractivity contribution in [2.24, 2.45) is 0 Å². The van der Waals surface area contributed by atoms with Crippen LogP contribution in [0.3, 0.4) is 0 Å². The van der Waals surface area contributed by atoms with Crippen LogP contribution in [0.1, 0.15) is 27.8 Å². The highest BCUT2D eigenvalue weighted by Crippen LogP contribution is 2.46. The second-order valence-corrected chi connectivity index (χ2v) is 14.2. The Hall–Kier alpha value is -7.16. The van der Waals surface area contributed by atoms with Gasteiger partial charge in [0.05, 0.1) is 0 Å². The first-order valence-corrected chi connectivity index (χ1v) is 18.6. The van der Waals surface area contributed by atoms with E-state index in [0.29, 0.717) is 0 Å². The van der Waals surface area contributed by atoms with Gasteiger partial charge in [0.2, 0.25) is 0 Å². The molecule has 260 valence electrons. The zero-order valence-corrected chi connectivity index (χ0v) is 30.5. The summed E-state index contributed by atoms with van der Waals surface area (Å²) in [6.45, 7) is 15.1. The topological polar surface area (TPSA) is 26.3 Å². The van der Waals surface area contributed by atoms with Gasteiger partial charge in [-0.15, -0.1) is 0 Å². The van der Waals surface area contributed by atoms with Gasteiger partial charge in [-0.1, -0.05) is 159 Å². The first-order chi connectivity index (χ1) is 27.0. The molecule has 0 aliphatic heterocycles. The van der Waals surface area contributed by atoms with Crippen molar-refractivity contribution in [3.05, 3.63) is 199 Å². The van der Waals surface area contributed by atoms with Crippen LogP contribution in [0.5, 0.6) is 0 Å². The number of hydrogen-bond donors (Lipinski definition) is 0. The van der Waals surface area contributed by atoms with E-state index in [0.717, 1.165) is 94.3 Å². The summed E-state index contributed by atoms with van der Waals surface area (Å²) in [5.74, 6) is 0.810. The van der Waals surface area contributed by atoms with Crippen molar-refractivity contribution in [3.8, 4) is 33.6 Å². The molecule has 0 aliphatic rings. The van der Waals surface area contributed by atoms with Gasteiger partial charge < -0.3 is 8.83 Å². The number of para-hydroxylation sites is 1. The number of furan rings is 2. The number of hydrogen-bond acceptors (Lipinski definition) is 2. The van der Waals surface area contributed by atoms with Crippen molar-refractivity contribution in [1.82, 2.24) is 0 Å². The molecule has 0 unspecified atom stereocenters. The van der Waals surface area contributed by atoms with Gasteiger partial charge in [0.25, 0.3) is 0 Å². The van der Waals surface area contributed by atoms with Gasteiger partial charge >= 0.3 is 0 Å². The van der Waals surface area contributed by atoms with E-state index in [1.807, 2.05) is 36.4 Å². The first kappa shape index (κ1) is 32.5. The Bertz CT molecular complexity index is 3140. The lowest BCUT2D eigenvalue weighted by Crippen LogP contribution is -1.96. The Kier molecular flexibility index (Phi) is 7.53. The second kappa shape index (κ2) is 12.8. The number of fused-ring (bicyclic) bond motifs is 6. The van der Waals surface area contributed by atoms with Gasteiger partial charge in [0.1, 0.15) is 22.5 Å². The van der Waals surface area contributed by atoms with Crippen LogP contribution in [0.15, 0.2) is 180 Å². The van der Waals surface area contributed by atoms with Crippen molar-refractivity contribution < 1.29 is 8.83 Å². The van der Waals surface area contributed by atoms with E-state index in [1.165, 1.54) is 27.1 Å². The highest BCUT2D eigenvalue weighted by molar-refractivity contribution is 6.20. The molecule has 0 saturated heterocycles.